The molecule has 2 rings (SSSR count). The minimum absolute atomic E-state index is 0.0141. The lowest BCUT2D eigenvalue weighted by Gasteiger charge is -2.23. The third kappa shape index (κ3) is 7.77. The van der Waals surface area contributed by atoms with Gasteiger partial charge in [0.2, 0.25) is 0 Å². The summed E-state index contributed by atoms with van der Waals surface area (Å²) in [6.07, 6.45) is 2.09. The molecule has 1 atom stereocenters. The molecule has 0 aliphatic heterocycles. The first-order chi connectivity index (χ1) is 15.9. The number of esters is 1. The van der Waals surface area contributed by atoms with Gasteiger partial charge in [0.25, 0.3) is 11.8 Å². The minimum atomic E-state index is -1.00. The second kappa shape index (κ2) is 13.5. The number of hydrogen-bond donors (Lipinski definition) is 1. The lowest BCUT2D eigenvalue weighted by molar-refractivity contribution is -0.149. The van der Waals surface area contributed by atoms with Crippen molar-refractivity contribution < 1.29 is 23.5 Å². The highest BCUT2D eigenvalue weighted by molar-refractivity contribution is 7.98. The molecule has 33 heavy (non-hydrogen) atoms. The van der Waals surface area contributed by atoms with Crippen LogP contribution in [0, 0.1) is 17.1 Å². The zero-order valence-corrected chi connectivity index (χ0v) is 19.5. The van der Waals surface area contributed by atoms with Crippen LogP contribution in [0.5, 0.6) is 0 Å². The van der Waals surface area contributed by atoms with Crippen molar-refractivity contribution in [3.63, 3.8) is 0 Å². The number of thioether (sulfide) groups is 1. The van der Waals surface area contributed by atoms with Crippen molar-refractivity contribution in [1.82, 2.24) is 5.32 Å². The first kappa shape index (κ1) is 26.2. The molecule has 2 amide bonds. The van der Waals surface area contributed by atoms with Crippen LogP contribution in [-0.4, -0.2) is 49.0 Å². The van der Waals surface area contributed by atoms with Gasteiger partial charge in [0.1, 0.15) is 11.9 Å². The molecule has 2 aromatic rings. The molecule has 0 bridgehead atoms. The smallest absolute Gasteiger partial charge is 0.329 e. The van der Waals surface area contributed by atoms with E-state index in [2.05, 4.69) is 5.32 Å². The van der Waals surface area contributed by atoms with Gasteiger partial charge < -0.3 is 15.0 Å². The standard InChI is InChI=1S/C23H23ClFN3O4S/c1-33-14-11-19(27-22(30)16-7-2-3-8-17(16)24)23(31)32-15-21(29)28(13-6-12-26)20-10-5-4-9-18(20)25/h2-5,7-10,19H,6,11,13-15H2,1H3,(H,27,30). The van der Waals surface area contributed by atoms with Crippen LogP contribution >= 0.6 is 23.4 Å². The summed E-state index contributed by atoms with van der Waals surface area (Å²) in [5.41, 5.74) is 0.194. The molecule has 10 heteroatoms. The molecule has 0 saturated heterocycles. The molecular formula is C23H23ClFN3O4S. The zero-order valence-electron chi connectivity index (χ0n) is 17.9. The molecule has 0 aliphatic rings. The number of rotatable bonds is 11. The predicted octanol–water partition coefficient (Wildman–Crippen LogP) is 3.82. The normalized spacial score (nSPS) is 11.2. The number of carbonyl (C=O) groups excluding carboxylic acids is 3. The summed E-state index contributed by atoms with van der Waals surface area (Å²) in [7, 11) is 0. The van der Waals surface area contributed by atoms with Crippen molar-refractivity contribution in [3.05, 3.63) is 64.9 Å². The van der Waals surface area contributed by atoms with Crippen molar-refractivity contribution in [2.45, 2.75) is 18.9 Å². The Morgan fingerprint density at radius 2 is 1.91 bits per heavy atom. The Hall–Kier alpha value is -3.09. The van der Waals surface area contributed by atoms with Gasteiger partial charge in [-0.2, -0.15) is 17.0 Å². The summed E-state index contributed by atoms with van der Waals surface area (Å²) in [5.74, 6) is -2.12. The Kier molecular flexibility index (Phi) is 10.7. The Morgan fingerprint density at radius 3 is 2.58 bits per heavy atom. The number of halogens is 2. The molecule has 0 fully saturated rings. The molecule has 174 valence electrons. The van der Waals surface area contributed by atoms with Crippen LogP contribution in [-0.2, 0) is 14.3 Å². The minimum Gasteiger partial charge on any atom is -0.454 e. The van der Waals surface area contributed by atoms with E-state index >= 15 is 0 Å². The summed E-state index contributed by atoms with van der Waals surface area (Å²) in [6, 6.07) is 12.9. The van der Waals surface area contributed by atoms with Crippen LogP contribution in [0.15, 0.2) is 48.5 Å². The summed E-state index contributed by atoms with van der Waals surface area (Å²) in [4.78, 5) is 39.0. The maximum Gasteiger partial charge on any atom is 0.329 e. The van der Waals surface area contributed by atoms with E-state index in [1.807, 2.05) is 12.3 Å². The fourth-order valence-corrected chi connectivity index (χ4v) is 3.58. The van der Waals surface area contributed by atoms with E-state index in [0.717, 1.165) is 4.90 Å². The molecule has 1 unspecified atom stereocenters. The predicted molar refractivity (Wildman–Crippen MR) is 126 cm³/mol. The molecule has 7 nitrogen and oxygen atoms in total. The second-order valence-corrected chi connectivity index (χ2v) is 8.19. The number of benzene rings is 2. The maximum atomic E-state index is 14.2. The lowest BCUT2D eigenvalue weighted by atomic mass is 10.1. The van der Waals surface area contributed by atoms with Gasteiger partial charge in [-0.15, -0.1) is 0 Å². The molecule has 2 aromatic carbocycles. The van der Waals surface area contributed by atoms with Gasteiger partial charge in [-0.25, -0.2) is 9.18 Å². The first-order valence-electron chi connectivity index (χ1n) is 10.0. The number of para-hydroxylation sites is 1. The van der Waals surface area contributed by atoms with Gasteiger partial charge in [0.15, 0.2) is 6.61 Å². The largest absolute Gasteiger partial charge is 0.454 e. The van der Waals surface area contributed by atoms with Gasteiger partial charge in [-0.05, 0) is 42.7 Å². The van der Waals surface area contributed by atoms with Crippen LogP contribution in [0.1, 0.15) is 23.2 Å². The summed E-state index contributed by atoms with van der Waals surface area (Å²) in [6.45, 7) is -0.733. The Balaban J connectivity index is 2.08. The molecule has 1 N–H and O–H groups in total. The van der Waals surface area contributed by atoms with Crippen molar-refractivity contribution in [2.75, 3.05) is 30.1 Å². The number of ether oxygens (including phenoxy) is 1. The Bertz CT molecular complexity index is 1030. The molecular weight excluding hydrogens is 469 g/mol. The van der Waals surface area contributed by atoms with Crippen molar-refractivity contribution in [1.29, 1.82) is 5.26 Å². The van der Waals surface area contributed by atoms with E-state index in [9.17, 15) is 18.8 Å². The number of anilines is 1. The number of carbonyl (C=O) groups is 3. The second-order valence-electron chi connectivity index (χ2n) is 6.80. The van der Waals surface area contributed by atoms with Crippen LogP contribution in [0.2, 0.25) is 5.02 Å². The number of nitriles is 1. The van der Waals surface area contributed by atoms with E-state index in [1.165, 1.54) is 36.0 Å². The Labute approximate surface area is 200 Å². The number of hydrogen-bond acceptors (Lipinski definition) is 6. The van der Waals surface area contributed by atoms with Crippen LogP contribution in [0.4, 0.5) is 10.1 Å². The fraction of sp³-hybridized carbons (Fsp3) is 0.304. The topological polar surface area (TPSA) is 99.5 Å². The zero-order chi connectivity index (χ0) is 24.2. The molecule has 0 spiro atoms. The third-order valence-corrected chi connectivity index (χ3v) is 5.52. The quantitative estimate of drug-likeness (QED) is 0.480. The summed E-state index contributed by atoms with van der Waals surface area (Å²) < 4.78 is 19.3. The van der Waals surface area contributed by atoms with E-state index in [0.29, 0.717) is 5.75 Å². The monoisotopic (exact) mass is 491 g/mol. The van der Waals surface area contributed by atoms with E-state index in [-0.39, 0.29) is 35.7 Å². The van der Waals surface area contributed by atoms with E-state index in [1.54, 1.807) is 24.3 Å². The summed E-state index contributed by atoms with van der Waals surface area (Å²) in [5, 5.41) is 11.7. The maximum absolute atomic E-state index is 14.2. The Morgan fingerprint density at radius 1 is 1.21 bits per heavy atom. The van der Waals surface area contributed by atoms with Gasteiger partial charge in [0, 0.05) is 6.54 Å². The summed E-state index contributed by atoms with van der Waals surface area (Å²) >= 11 is 7.53. The highest BCUT2D eigenvalue weighted by Gasteiger charge is 2.26. The van der Waals surface area contributed by atoms with Crippen molar-refractivity contribution >= 4 is 46.8 Å². The molecule has 0 aliphatic carbocycles. The highest BCUT2D eigenvalue weighted by Crippen LogP contribution is 2.19. The van der Waals surface area contributed by atoms with Gasteiger partial charge in [-0.1, -0.05) is 35.9 Å². The lowest BCUT2D eigenvalue weighted by Crippen LogP contribution is -2.44. The van der Waals surface area contributed by atoms with Crippen molar-refractivity contribution in [2.24, 2.45) is 0 Å². The first-order valence-corrected chi connectivity index (χ1v) is 11.8. The molecule has 0 aromatic heterocycles. The molecule has 0 heterocycles. The SMILES string of the molecule is CSCCC(NC(=O)c1ccccc1Cl)C(=O)OCC(=O)N(CCC#N)c1ccccc1F. The van der Waals surface area contributed by atoms with Crippen LogP contribution in [0.25, 0.3) is 0 Å². The average Bonchev–Trinajstić information content (AvgIpc) is 2.81. The van der Waals surface area contributed by atoms with Gasteiger partial charge in [0.05, 0.1) is 28.8 Å². The van der Waals surface area contributed by atoms with Gasteiger partial charge >= 0.3 is 5.97 Å². The number of nitrogens with one attached hydrogen (secondary N) is 1. The van der Waals surface area contributed by atoms with Gasteiger partial charge in [-0.3, -0.25) is 9.59 Å². The fourth-order valence-electron chi connectivity index (χ4n) is 2.89. The van der Waals surface area contributed by atoms with E-state index < -0.39 is 36.2 Å². The van der Waals surface area contributed by atoms with Crippen LogP contribution in [0.3, 0.4) is 0 Å². The van der Waals surface area contributed by atoms with Crippen molar-refractivity contribution in [3.8, 4) is 6.07 Å². The molecule has 0 radical (unpaired) electrons. The third-order valence-electron chi connectivity index (χ3n) is 4.55. The highest BCUT2D eigenvalue weighted by atomic mass is 35.5. The number of nitrogens with zero attached hydrogens (tertiary/aromatic N) is 2. The van der Waals surface area contributed by atoms with Crippen LogP contribution < -0.4 is 10.2 Å². The molecule has 0 saturated carbocycles. The van der Waals surface area contributed by atoms with E-state index in [4.69, 9.17) is 21.6 Å². The number of amides is 2. The average molecular weight is 492 g/mol.